The number of carbonyl (C=O) groups is 1. The van der Waals surface area contributed by atoms with E-state index in [2.05, 4.69) is 31.3 Å². The van der Waals surface area contributed by atoms with Crippen LogP contribution < -0.4 is 14.2 Å². The minimum atomic E-state index is -4.45. The van der Waals surface area contributed by atoms with E-state index in [1.54, 1.807) is 43.5 Å². The largest absolute Gasteiger partial charge is 0.491 e. The molecule has 0 amide bonds. The molecule has 5 aromatic rings. The van der Waals surface area contributed by atoms with Crippen LogP contribution in [0.3, 0.4) is 0 Å². The fourth-order valence-corrected chi connectivity index (χ4v) is 7.28. The smallest absolute Gasteiger partial charge is 0.408 e. The number of ether oxygens (including phenoxy) is 4. The number of benzene rings is 2. The fourth-order valence-electron chi connectivity index (χ4n) is 6.12. The van der Waals surface area contributed by atoms with Crippen molar-refractivity contribution in [1.82, 2.24) is 28.9 Å². The lowest BCUT2D eigenvalue weighted by molar-refractivity contribution is -0.151. The molecule has 54 heavy (non-hydrogen) atoms. The van der Waals surface area contributed by atoms with E-state index in [-0.39, 0.29) is 36.4 Å². The third-order valence-corrected chi connectivity index (χ3v) is 10.5. The summed E-state index contributed by atoms with van der Waals surface area (Å²) in [7, 11) is 2.12. The highest BCUT2D eigenvalue weighted by atomic mass is 35.5. The topological polar surface area (TPSA) is 104 Å². The molecule has 1 fully saturated rings. The standard InChI is InChI=1S/C37H39Cl2F3N6O5S/c1-4-50-36(49)29(19-24-7-5-6-8-27(24)52-21-25-11-12-44-48(25)22-37(40,41)42)53-35-32-30(54-45-35)20-43-34(39)31(32)26-9-10-28(33(38)23(26)2)51-18-17-47-15-13-46(3)14-16-47/h5-12,20,29H,4,13-19,21-22H2,1-3H3/t29-/m1/s1. The highest BCUT2D eigenvalue weighted by molar-refractivity contribution is 7.13. The molecule has 0 spiro atoms. The lowest BCUT2D eigenvalue weighted by Crippen LogP contribution is -2.45. The monoisotopic (exact) mass is 806 g/mol. The number of para-hydroxylation sites is 1. The van der Waals surface area contributed by atoms with Crippen molar-refractivity contribution in [2.45, 2.75) is 45.7 Å². The molecule has 0 N–H and O–H groups in total. The van der Waals surface area contributed by atoms with E-state index in [1.165, 1.54) is 12.3 Å². The number of pyridine rings is 1. The Balaban J connectivity index is 1.24. The van der Waals surface area contributed by atoms with E-state index in [0.717, 1.165) is 48.9 Å². The van der Waals surface area contributed by atoms with E-state index in [9.17, 15) is 18.0 Å². The van der Waals surface area contributed by atoms with Crippen molar-refractivity contribution >= 4 is 50.8 Å². The predicted octanol–water partition coefficient (Wildman–Crippen LogP) is 7.49. The molecule has 3 aromatic heterocycles. The molecule has 6 rings (SSSR count). The normalized spacial score (nSPS) is 14.7. The molecule has 0 bridgehead atoms. The molecule has 0 saturated carbocycles. The van der Waals surface area contributed by atoms with Crippen LogP contribution in [0.25, 0.3) is 21.2 Å². The number of halogens is 5. The Morgan fingerprint density at radius 1 is 1.04 bits per heavy atom. The molecule has 0 aliphatic carbocycles. The van der Waals surface area contributed by atoms with E-state index in [0.29, 0.717) is 55.5 Å². The summed E-state index contributed by atoms with van der Waals surface area (Å²) >= 11 is 14.8. The van der Waals surface area contributed by atoms with Gasteiger partial charge in [0, 0.05) is 57.1 Å². The van der Waals surface area contributed by atoms with Crippen LogP contribution in [0.2, 0.25) is 10.2 Å². The third kappa shape index (κ3) is 9.55. The van der Waals surface area contributed by atoms with Gasteiger partial charge in [-0.05, 0) is 67.3 Å². The number of esters is 1. The summed E-state index contributed by atoms with van der Waals surface area (Å²) in [6.07, 6.45) is -2.77. The van der Waals surface area contributed by atoms with Crippen LogP contribution in [0.1, 0.15) is 23.7 Å². The first kappa shape index (κ1) is 39.5. The first-order chi connectivity index (χ1) is 25.9. The first-order valence-corrected chi connectivity index (χ1v) is 18.8. The van der Waals surface area contributed by atoms with Crippen LogP contribution in [0.4, 0.5) is 13.2 Å². The van der Waals surface area contributed by atoms with Crippen LogP contribution >= 0.6 is 34.7 Å². The van der Waals surface area contributed by atoms with Gasteiger partial charge in [-0.2, -0.15) is 22.6 Å². The minimum Gasteiger partial charge on any atom is -0.491 e. The molecule has 17 heteroatoms. The second kappa shape index (κ2) is 17.5. The Kier molecular flexibility index (Phi) is 12.8. The number of fused-ring (bicyclic) bond motifs is 1. The number of nitrogens with zero attached hydrogens (tertiary/aromatic N) is 6. The van der Waals surface area contributed by atoms with Crippen LogP contribution in [0, 0.1) is 6.92 Å². The van der Waals surface area contributed by atoms with Crippen molar-refractivity contribution in [1.29, 1.82) is 0 Å². The summed E-state index contributed by atoms with van der Waals surface area (Å²) in [5.74, 6) is 0.402. The van der Waals surface area contributed by atoms with Gasteiger partial charge in [-0.25, -0.2) is 9.78 Å². The van der Waals surface area contributed by atoms with Gasteiger partial charge in [-0.15, -0.1) is 0 Å². The second-order valence-electron chi connectivity index (χ2n) is 12.7. The van der Waals surface area contributed by atoms with Gasteiger partial charge in [0.25, 0.3) is 0 Å². The maximum atomic E-state index is 13.4. The zero-order valence-corrected chi connectivity index (χ0v) is 32.2. The van der Waals surface area contributed by atoms with Crippen molar-refractivity contribution in [2.75, 3.05) is 53.0 Å². The number of hydrogen-bond donors (Lipinski definition) is 0. The number of rotatable bonds is 15. The molecule has 2 aromatic carbocycles. The average molecular weight is 808 g/mol. The van der Waals surface area contributed by atoms with Gasteiger partial charge in [-0.3, -0.25) is 9.58 Å². The van der Waals surface area contributed by atoms with Crippen LogP contribution in [0.5, 0.6) is 17.4 Å². The van der Waals surface area contributed by atoms with Crippen molar-refractivity contribution in [3.05, 3.63) is 81.9 Å². The zero-order chi connectivity index (χ0) is 38.4. The number of hydrogen-bond acceptors (Lipinski definition) is 11. The fraction of sp³-hybridized carbons (Fsp3) is 0.405. The summed E-state index contributed by atoms with van der Waals surface area (Å²) in [5, 5.41) is 4.94. The molecule has 288 valence electrons. The molecule has 1 saturated heterocycles. The first-order valence-electron chi connectivity index (χ1n) is 17.3. The quantitative estimate of drug-likeness (QED) is 0.0781. The molecule has 0 radical (unpaired) electrons. The van der Waals surface area contributed by atoms with Gasteiger partial charge in [0.2, 0.25) is 12.0 Å². The molecule has 4 heterocycles. The SMILES string of the molecule is CCOC(=O)[C@@H](Cc1ccccc1OCc1ccnn1CC(F)(F)F)Oc1nsc2cnc(Cl)c(-c3ccc(OCCN4CCN(C)CC4)c(Cl)c3C)c12. The molecule has 0 unspecified atom stereocenters. The average Bonchev–Trinajstić information content (AvgIpc) is 3.76. The Labute approximate surface area is 324 Å². The number of alkyl halides is 3. The number of piperazine rings is 1. The van der Waals surface area contributed by atoms with Gasteiger partial charge in [0.05, 0.1) is 27.4 Å². The van der Waals surface area contributed by atoms with Crippen molar-refractivity contribution in [2.24, 2.45) is 0 Å². The number of carbonyl (C=O) groups excluding carboxylic acids is 1. The second-order valence-corrected chi connectivity index (χ2v) is 14.3. The van der Waals surface area contributed by atoms with E-state index in [4.69, 9.17) is 42.1 Å². The molecular weight excluding hydrogens is 768 g/mol. The summed E-state index contributed by atoms with van der Waals surface area (Å²) < 4.78 is 69.1. The van der Waals surface area contributed by atoms with Crippen LogP contribution in [-0.2, 0) is 29.1 Å². The van der Waals surface area contributed by atoms with E-state index >= 15 is 0 Å². The van der Waals surface area contributed by atoms with Gasteiger partial charge >= 0.3 is 12.1 Å². The molecule has 1 aliphatic rings. The lowest BCUT2D eigenvalue weighted by Gasteiger charge is -2.32. The minimum absolute atomic E-state index is 0.00495. The summed E-state index contributed by atoms with van der Waals surface area (Å²) in [4.78, 5) is 22.5. The van der Waals surface area contributed by atoms with E-state index < -0.39 is 24.8 Å². The Morgan fingerprint density at radius 2 is 1.81 bits per heavy atom. The third-order valence-electron chi connectivity index (χ3n) is 9.01. The predicted molar refractivity (Wildman–Crippen MR) is 201 cm³/mol. The van der Waals surface area contributed by atoms with Gasteiger partial charge in [0.1, 0.15) is 36.4 Å². The highest BCUT2D eigenvalue weighted by Gasteiger charge is 2.30. The summed E-state index contributed by atoms with van der Waals surface area (Å²) in [5.41, 5.74) is 2.72. The molecule has 1 aliphatic heterocycles. The Bertz CT molecular complexity index is 2070. The lowest BCUT2D eigenvalue weighted by atomic mass is 9.99. The highest BCUT2D eigenvalue weighted by Crippen LogP contribution is 2.45. The molecular formula is C37H39Cl2F3N6O5S. The summed E-state index contributed by atoms with van der Waals surface area (Å²) in [6.45, 7) is 7.49. The van der Waals surface area contributed by atoms with E-state index in [1.807, 2.05) is 13.0 Å². The molecule has 11 nitrogen and oxygen atoms in total. The van der Waals surface area contributed by atoms with Crippen molar-refractivity contribution in [3.63, 3.8) is 0 Å². The maximum Gasteiger partial charge on any atom is 0.408 e. The van der Waals surface area contributed by atoms with Crippen molar-refractivity contribution < 1.29 is 36.9 Å². The maximum absolute atomic E-state index is 13.4. The van der Waals surface area contributed by atoms with Crippen LogP contribution in [0.15, 0.2) is 54.9 Å². The van der Waals surface area contributed by atoms with Gasteiger partial charge in [0.15, 0.2) is 0 Å². The summed E-state index contributed by atoms with van der Waals surface area (Å²) in [6, 6.07) is 12.0. The van der Waals surface area contributed by atoms with Crippen LogP contribution in [-0.4, -0.2) is 100 Å². The van der Waals surface area contributed by atoms with Gasteiger partial charge in [-0.1, -0.05) is 47.5 Å². The van der Waals surface area contributed by atoms with Crippen molar-refractivity contribution in [3.8, 4) is 28.5 Å². The number of aromatic nitrogens is 4. The molecule has 1 atom stereocenters. The van der Waals surface area contributed by atoms with Gasteiger partial charge < -0.3 is 23.8 Å². The Hall–Kier alpha value is -4.15. The Morgan fingerprint density at radius 3 is 2.57 bits per heavy atom. The number of likely N-dealkylation sites (N-methyl/N-ethyl adjacent to an activating group) is 1. The zero-order valence-electron chi connectivity index (χ0n) is 29.9.